The van der Waals surface area contributed by atoms with E-state index >= 15 is 0 Å². The zero-order chi connectivity index (χ0) is 16.1. The summed E-state index contributed by atoms with van der Waals surface area (Å²) in [6, 6.07) is 10.2. The molecule has 0 aliphatic rings. The van der Waals surface area contributed by atoms with Gasteiger partial charge in [-0.1, -0.05) is 29.3 Å². The lowest BCUT2D eigenvalue weighted by molar-refractivity contribution is -0.384. The molecule has 2 aromatic carbocycles. The highest BCUT2D eigenvalue weighted by atomic mass is 35.5. The Bertz CT molecular complexity index is 722. The Kier molecular flexibility index (Phi) is 5.19. The summed E-state index contributed by atoms with van der Waals surface area (Å²) in [6.07, 6.45) is 0. The van der Waals surface area contributed by atoms with Crippen LogP contribution in [0, 0.1) is 10.1 Å². The number of hydrogen-bond acceptors (Lipinski definition) is 4. The highest BCUT2D eigenvalue weighted by Crippen LogP contribution is 2.27. The molecule has 2 aromatic rings. The van der Waals surface area contributed by atoms with Gasteiger partial charge in [0.15, 0.2) is 6.61 Å². The number of carbonyl (C=O) groups excluding carboxylic acids is 1. The fourth-order valence-electron chi connectivity index (χ4n) is 1.63. The minimum Gasteiger partial charge on any atom is -0.482 e. The van der Waals surface area contributed by atoms with E-state index < -0.39 is 10.8 Å². The maximum Gasteiger partial charge on any atom is 0.271 e. The number of anilines is 1. The van der Waals surface area contributed by atoms with Crippen LogP contribution in [0.25, 0.3) is 0 Å². The molecule has 0 heterocycles. The molecule has 0 atom stereocenters. The van der Waals surface area contributed by atoms with E-state index in [2.05, 4.69) is 5.32 Å². The van der Waals surface area contributed by atoms with Gasteiger partial charge in [0.25, 0.3) is 11.6 Å². The van der Waals surface area contributed by atoms with Gasteiger partial charge in [-0.25, -0.2) is 0 Å². The first kappa shape index (κ1) is 16.1. The van der Waals surface area contributed by atoms with Crippen molar-refractivity contribution in [2.75, 3.05) is 11.9 Å². The third kappa shape index (κ3) is 4.34. The summed E-state index contributed by atoms with van der Waals surface area (Å²) < 4.78 is 5.27. The predicted octanol–water partition coefficient (Wildman–Crippen LogP) is 3.92. The number of rotatable bonds is 5. The van der Waals surface area contributed by atoms with E-state index in [0.717, 1.165) is 0 Å². The van der Waals surface area contributed by atoms with E-state index in [-0.39, 0.29) is 18.0 Å². The highest BCUT2D eigenvalue weighted by molar-refractivity contribution is 6.34. The van der Waals surface area contributed by atoms with Crippen LogP contribution in [0.2, 0.25) is 10.0 Å². The summed E-state index contributed by atoms with van der Waals surface area (Å²) in [5.74, 6) is -0.195. The second kappa shape index (κ2) is 7.11. The van der Waals surface area contributed by atoms with E-state index in [9.17, 15) is 14.9 Å². The Balaban J connectivity index is 1.97. The van der Waals surface area contributed by atoms with Crippen LogP contribution >= 0.6 is 23.2 Å². The van der Waals surface area contributed by atoms with Crippen molar-refractivity contribution in [2.24, 2.45) is 0 Å². The van der Waals surface area contributed by atoms with Crippen molar-refractivity contribution in [3.63, 3.8) is 0 Å². The molecule has 0 aromatic heterocycles. The maximum atomic E-state index is 11.8. The molecule has 2 rings (SSSR count). The first-order valence-electron chi connectivity index (χ1n) is 6.08. The van der Waals surface area contributed by atoms with E-state index in [0.29, 0.717) is 15.7 Å². The smallest absolute Gasteiger partial charge is 0.271 e. The third-order valence-electron chi connectivity index (χ3n) is 2.59. The average Bonchev–Trinajstić information content (AvgIpc) is 2.48. The molecule has 114 valence electrons. The zero-order valence-corrected chi connectivity index (χ0v) is 12.6. The van der Waals surface area contributed by atoms with Gasteiger partial charge >= 0.3 is 0 Å². The quantitative estimate of drug-likeness (QED) is 0.660. The molecular formula is C14H10Cl2N2O4. The zero-order valence-electron chi connectivity index (χ0n) is 11.1. The van der Waals surface area contributed by atoms with Crippen LogP contribution in [0.1, 0.15) is 0 Å². The van der Waals surface area contributed by atoms with Gasteiger partial charge in [-0.2, -0.15) is 0 Å². The monoisotopic (exact) mass is 340 g/mol. The molecule has 0 radical (unpaired) electrons. The number of non-ortho nitro benzene ring substituents is 1. The lowest BCUT2D eigenvalue weighted by atomic mass is 10.3. The standard InChI is InChI=1S/C14H10Cl2N2O4/c15-9-4-5-12(16)13(6-9)22-8-14(19)17-10-2-1-3-11(7-10)18(20)21/h1-7H,8H2,(H,17,19). The molecule has 22 heavy (non-hydrogen) atoms. The van der Waals surface area contributed by atoms with Crippen molar-refractivity contribution < 1.29 is 14.5 Å². The number of hydrogen-bond donors (Lipinski definition) is 1. The summed E-state index contributed by atoms with van der Waals surface area (Å²) in [5, 5.41) is 13.9. The molecule has 0 saturated carbocycles. The number of benzene rings is 2. The molecule has 0 unspecified atom stereocenters. The molecule has 0 spiro atoms. The van der Waals surface area contributed by atoms with Gasteiger partial charge in [0.05, 0.1) is 9.95 Å². The van der Waals surface area contributed by atoms with Crippen LogP contribution in [0.15, 0.2) is 42.5 Å². The maximum absolute atomic E-state index is 11.8. The van der Waals surface area contributed by atoms with Crippen molar-refractivity contribution in [3.8, 4) is 5.75 Å². The Labute approximate surface area is 135 Å². The highest BCUT2D eigenvalue weighted by Gasteiger charge is 2.10. The van der Waals surface area contributed by atoms with Crippen LogP contribution in [-0.4, -0.2) is 17.4 Å². The van der Waals surface area contributed by atoms with Gasteiger partial charge in [-0.15, -0.1) is 0 Å². The van der Waals surface area contributed by atoms with Crippen molar-refractivity contribution in [3.05, 3.63) is 62.6 Å². The number of nitrogens with zero attached hydrogens (tertiary/aromatic N) is 1. The van der Waals surface area contributed by atoms with Crippen LogP contribution in [0.5, 0.6) is 5.75 Å². The number of carbonyl (C=O) groups is 1. The predicted molar refractivity (Wildman–Crippen MR) is 83.7 cm³/mol. The molecule has 8 heteroatoms. The Morgan fingerprint density at radius 2 is 2.00 bits per heavy atom. The summed E-state index contributed by atoms with van der Waals surface area (Å²) in [7, 11) is 0. The molecule has 1 amide bonds. The first-order valence-corrected chi connectivity index (χ1v) is 6.83. The summed E-state index contributed by atoms with van der Waals surface area (Å²) in [4.78, 5) is 21.9. The molecule has 0 aliphatic carbocycles. The summed E-state index contributed by atoms with van der Waals surface area (Å²) in [5.41, 5.74) is 0.191. The van der Waals surface area contributed by atoms with E-state index in [1.807, 2.05) is 0 Å². The molecule has 0 saturated heterocycles. The van der Waals surface area contributed by atoms with Gasteiger partial charge in [0.2, 0.25) is 0 Å². The molecule has 0 fully saturated rings. The van der Waals surface area contributed by atoms with E-state index in [1.54, 1.807) is 12.1 Å². The molecule has 1 N–H and O–H groups in total. The minimum absolute atomic E-state index is 0.114. The largest absolute Gasteiger partial charge is 0.482 e. The fraction of sp³-hybridized carbons (Fsp3) is 0.0714. The van der Waals surface area contributed by atoms with Crippen LogP contribution < -0.4 is 10.1 Å². The SMILES string of the molecule is O=C(COc1cc(Cl)ccc1Cl)Nc1cccc([N+](=O)[O-])c1. The Morgan fingerprint density at radius 3 is 2.73 bits per heavy atom. The number of halogens is 2. The van der Waals surface area contributed by atoms with Gasteiger partial charge in [0.1, 0.15) is 5.75 Å². The average molecular weight is 341 g/mol. The number of nitro benzene ring substituents is 1. The van der Waals surface area contributed by atoms with Crippen molar-refractivity contribution in [1.29, 1.82) is 0 Å². The van der Waals surface area contributed by atoms with Gasteiger partial charge < -0.3 is 10.1 Å². The molecule has 0 bridgehead atoms. The van der Waals surface area contributed by atoms with Crippen molar-refractivity contribution in [1.82, 2.24) is 0 Å². The van der Waals surface area contributed by atoms with Crippen LogP contribution in [0.4, 0.5) is 11.4 Å². The van der Waals surface area contributed by atoms with Crippen LogP contribution in [-0.2, 0) is 4.79 Å². The number of amides is 1. The normalized spacial score (nSPS) is 10.1. The van der Waals surface area contributed by atoms with Gasteiger partial charge in [-0.3, -0.25) is 14.9 Å². The Hall–Kier alpha value is -2.31. The van der Waals surface area contributed by atoms with Crippen molar-refractivity contribution in [2.45, 2.75) is 0 Å². The Morgan fingerprint density at radius 1 is 1.23 bits per heavy atom. The summed E-state index contributed by atoms with van der Waals surface area (Å²) >= 11 is 11.7. The fourth-order valence-corrected chi connectivity index (χ4v) is 1.96. The van der Waals surface area contributed by atoms with E-state index in [4.69, 9.17) is 27.9 Å². The second-order valence-corrected chi connectivity index (χ2v) is 5.06. The molecular weight excluding hydrogens is 331 g/mol. The third-order valence-corrected chi connectivity index (χ3v) is 3.14. The van der Waals surface area contributed by atoms with E-state index in [1.165, 1.54) is 30.3 Å². The summed E-state index contributed by atoms with van der Waals surface area (Å²) in [6.45, 7) is -0.303. The van der Waals surface area contributed by atoms with Gasteiger partial charge in [0, 0.05) is 28.9 Å². The number of nitrogens with one attached hydrogen (secondary N) is 1. The van der Waals surface area contributed by atoms with Crippen LogP contribution in [0.3, 0.4) is 0 Å². The molecule has 6 nitrogen and oxygen atoms in total. The number of ether oxygens (including phenoxy) is 1. The second-order valence-electron chi connectivity index (χ2n) is 4.22. The minimum atomic E-state index is -0.544. The molecule has 0 aliphatic heterocycles. The topological polar surface area (TPSA) is 81.5 Å². The number of nitro groups is 1. The lowest BCUT2D eigenvalue weighted by Crippen LogP contribution is -2.20. The van der Waals surface area contributed by atoms with Crippen molar-refractivity contribution >= 4 is 40.5 Å². The van der Waals surface area contributed by atoms with Gasteiger partial charge in [-0.05, 0) is 18.2 Å². The lowest BCUT2D eigenvalue weighted by Gasteiger charge is -2.09. The first-order chi connectivity index (χ1) is 10.5.